The maximum atomic E-state index is 9.92. The number of rotatable bonds is 16. The van der Waals surface area contributed by atoms with Crippen LogP contribution in [0.1, 0.15) is 91.9 Å². The van der Waals surface area contributed by atoms with Gasteiger partial charge in [-0.15, -0.1) is 0 Å². The molecule has 0 aliphatic rings. The van der Waals surface area contributed by atoms with Gasteiger partial charge in [-0.1, -0.05) is 65.2 Å². The fraction of sp³-hybridized carbons (Fsp3) is 1.00. The number of aliphatic hydroxyl groups excluding tert-OH is 1. The van der Waals surface area contributed by atoms with Gasteiger partial charge >= 0.3 is 0 Å². The molecule has 0 aliphatic heterocycles. The Balaban J connectivity index is 3.49. The summed E-state index contributed by atoms with van der Waals surface area (Å²) < 4.78 is 11.4. The number of hydrogen-bond donors (Lipinski definition) is 1. The zero-order valence-electron chi connectivity index (χ0n) is 15.5. The van der Waals surface area contributed by atoms with Crippen molar-refractivity contribution < 1.29 is 14.6 Å². The molecule has 0 aromatic heterocycles. The summed E-state index contributed by atoms with van der Waals surface area (Å²) in [6.07, 6.45) is 12.3. The van der Waals surface area contributed by atoms with Crippen molar-refractivity contribution in [3.05, 3.63) is 0 Å². The van der Waals surface area contributed by atoms with Gasteiger partial charge in [0.15, 0.2) is 0 Å². The molecule has 0 aromatic rings. The second-order valence-electron chi connectivity index (χ2n) is 6.64. The zero-order chi connectivity index (χ0) is 16.6. The maximum absolute atomic E-state index is 9.92. The first-order chi connectivity index (χ1) is 10.6. The summed E-state index contributed by atoms with van der Waals surface area (Å²) in [6, 6.07) is 0. The molecule has 3 nitrogen and oxygen atoms in total. The Morgan fingerprint density at radius 2 is 1.09 bits per heavy atom. The van der Waals surface area contributed by atoms with E-state index in [-0.39, 0.29) is 12.2 Å². The molecule has 3 heteroatoms. The molecule has 0 heterocycles. The highest BCUT2D eigenvalue weighted by Gasteiger charge is 2.10. The van der Waals surface area contributed by atoms with Gasteiger partial charge in [-0.25, -0.2) is 0 Å². The van der Waals surface area contributed by atoms with Gasteiger partial charge in [0.05, 0.1) is 25.4 Å². The van der Waals surface area contributed by atoms with Crippen molar-refractivity contribution in [2.24, 2.45) is 0 Å². The fourth-order valence-corrected chi connectivity index (χ4v) is 2.48. The Kier molecular flexibility index (Phi) is 15.7. The minimum Gasteiger partial charge on any atom is -0.388 e. The number of ether oxygens (including phenoxy) is 2. The summed E-state index contributed by atoms with van der Waals surface area (Å²) >= 11 is 0. The van der Waals surface area contributed by atoms with Crippen LogP contribution in [0.3, 0.4) is 0 Å². The van der Waals surface area contributed by atoms with Crippen molar-refractivity contribution in [2.45, 2.75) is 110 Å². The number of aliphatic hydroxyl groups is 1. The lowest BCUT2D eigenvalue weighted by molar-refractivity contribution is -0.0582. The molecule has 134 valence electrons. The lowest BCUT2D eigenvalue weighted by Crippen LogP contribution is -2.26. The van der Waals surface area contributed by atoms with Crippen molar-refractivity contribution in [3.8, 4) is 0 Å². The average molecular weight is 317 g/mol. The van der Waals surface area contributed by atoms with Crippen LogP contribution >= 0.6 is 0 Å². The first-order valence-corrected chi connectivity index (χ1v) is 9.51. The smallest absolute Gasteiger partial charge is 0.101 e. The molecule has 0 rings (SSSR count). The molecule has 0 aromatic carbocycles. The van der Waals surface area contributed by atoms with Crippen molar-refractivity contribution in [3.63, 3.8) is 0 Å². The van der Waals surface area contributed by atoms with E-state index in [1.165, 1.54) is 51.4 Å². The summed E-state index contributed by atoms with van der Waals surface area (Å²) in [7, 11) is 0. The van der Waals surface area contributed by atoms with Crippen LogP contribution in [-0.2, 0) is 9.47 Å². The molecule has 1 N–H and O–H groups in total. The van der Waals surface area contributed by atoms with E-state index < -0.39 is 6.10 Å². The van der Waals surface area contributed by atoms with Gasteiger partial charge < -0.3 is 14.6 Å². The van der Waals surface area contributed by atoms with Gasteiger partial charge in [-0.3, -0.25) is 0 Å². The Labute approximate surface area is 138 Å². The summed E-state index contributed by atoms with van der Waals surface area (Å²) in [5.74, 6) is 0. The highest BCUT2D eigenvalue weighted by molar-refractivity contribution is 4.59. The largest absolute Gasteiger partial charge is 0.388 e. The van der Waals surface area contributed by atoms with Crippen molar-refractivity contribution in [2.75, 3.05) is 13.2 Å². The predicted octanol–water partition coefficient (Wildman–Crippen LogP) is 5.10. The van der Waals surface area contributed by atoms with E-state index in [9.17, 15) is 5.11 Å². The standard InChI is InChI=1S/C19H40O3/c1-5-7-9-11-13-17(3)21-15-19(20)16-22-18(4)14-12-10-8-6-2/h17-20H,5-16H2,1-4H3. The van der Waals surface area contributed by atoms with Crippen LogP contribution in [0.2, 0.25) is 0 Å². The third-order valence-electron chi connectivity index (χ3n) is 4.07. The van der Waals surface area contributed by atoms with Crippen LogP contribution in [0.25, 0.3) is 0 Å². The summed E-state index contributed by atoms with van der Waals surface area (Å²) in [5, 5.41) is 9.92. The Morgan fingerprint density at radius 3 is 1.45 bits per heavy atom. The fourth-order valence-electron chi connectivity index (χ4n) is 2.48. The molecule has 0 spiro atoms. The highest BCUT2D eigenvalue weighted by atomic mass is 16.5. The first kappa shape index (κ1) is 21.9. The van der Waals surface area contributed by atoms with Gasteiger partial charge in [-0.2, -0.15) is 0 Å². The minimum absolute atomic E-state index is 0.234. The Morgan fingerprint density at radius 1 is 0.682 bits per heavy atom. The van der Waals surface area contributed by atoms with E-state index in [1.807, 2.05) is 0 Å². The average Bonchev–Trinajstić information content (AvgIpc) is 2.51. The van der Waals surface area contributed by atoms with Gasteiger partial charge in [0.2, 0.25) is 0 Å². The van der Waals surface area contributed by atoms with Crippen LogP contribution in [0.4, 0.5) is 0 Å². The van der Waals surface area contributed by atoms with Gasteiger partial charge in [0.1, 0.15) is 6.10 Å². The SMILES string of the molecule is CCCCCCC(C)OCC(O)COC(C)CCCCCC. The molecule has 0 bridgehead atoms. The van der Waals surface area contributed by atoms with E-state index in [1.54, 1.807) is 0 Å². The molecule has 0 saturated carbocycles. The molecule has 22 heavy (non-hydrogen) atoms. The number of unbranched alkanes of at least 4 members (excludes halogenated alkanes) is 6. The molecular formula is C19H40O3. The topological polar surface area (TPSA) is 38.7 Å². The van der Waals surface area contributed by atoms with Crippen LogP contribution in [-0.4, -0.2) is 36.6 Å². The minimum atomic E-state index is -0.504. The molecule has 0 amide bonds. The quantitative estimate of drug-likeness (QED) is 0.403. The third kappa shape index (κ3) is 14.8. The first-order valence-electron chi connectivity index (χ1n) is 9.51. The van der Waals surface area contributed by atoms with E-state index in [2.05, 4.69) is 27.7 Å². The van der Waals surface area contributed by atoms with Crippen molar-refractivity contribution in [1.29, 1.82) is 0 Å². The molecule has 2 unspecified atom stereocenters. The summed E-state index contributed by atoms with van der Waals surface area (Å²) in [5.41, 5.74) is 0. The zero-order valence-corrected chi connectivity index (χ0v) is 15.5. The lowest BCUT2D eigenvalue weighted by atomic mass is 10.1. The van der Waals surface area contributed by atoms with Gasteiger partial charge in [0, 0.05) is 0 Å². The normalized spacial score (nSPS) is 15.7. The highest BCUT2D eigenvalue weighted by Crippen LogP contribution is 2.10. The van der Waals surface area contributed by atoms with E-state index in [0.29, 0.717) is 13.2 Å². The van der Waals surface area contributed by atoms with E-state index in [0.717, 1.165) is 12.8 Å². The summed E-state index contributed by atoms with van der Waals surface area (Å²) in [6.45, 7) is 9.41. The van der Waals surface area contributed by atoms with Crippen LogP contribution in [0.15, 0.2) is 0 Å². The van der Waals surface area contributed by atoms with Crippen LogP contribution in [0, 0.1) is 0 Å². The molecule has 0 fully saturated rings. The summed E-state index contributed by atoms with van der Waals surface area (Å²) in [4.78, 5) is 0. The Bertz CT molecular complexity index is 199. The predicted molar refractivity (Wildman–Crippen MR) is 94.4 cm³/mol. The molecule has 0 saturated heterocycles. The molecular weight excluding hydrogens is 276 g/mol. The molecule has 2 atom stereocenters. The van der Waals surface area contributed by atoms with Crippen LogP contribution < -0.4 is 0 Å². The van der Waals surface area contributed by atoms with Crippen LogP contribution in [0.5, 0.6) is 0 Å². The van der Waals surface area contributed by atoms with Crippen molar-refractivity contribution >= 4 is 0 Å². The second-order valence-corrected chi connectivity index (χ2v) is 6.64. The monoisotopic (exact) mass is 316 g/mol. The van der Waals surface area contributed by atoms with Crippen molar-refractivity contribution in [1.82, 2.24) is 0 Å². The molecule has 0 aliphatic carbocycles. The second kappa shape index (κ2) is 15.8. The maximum Gasteiger partial charge on any atom is 0.101 e. The van der Waals surface area contributed by atoms with E-state index in [4.69, 9.17) is 9.47 Å². The van der Waals surface area contributed by atoms with Gasteiger partial charge in [-0.05, 0) is 26.7 Å². The Hall–Kier alpha value is -0.120. The van der Waals surface area contributed by atoms with E-state index >= 15 is 0 Å². The number of hydrogen-bond acceptors (Lipinski definition) is 3. The molecule has 0 radical (unpaired) electrons. The lowest BCUT2D eigenvalue weighted by Gasteiger charge is -2.19. The van der Waals surface area contributed by atoms with Gasteiger partial charge in [0.25, 0.3) is 0 Å². The third-order valence-corrected chi connectivity index (χ3v) is 4.07.